The first-order chi connectivity index (χ1) is 13.3. The van der Waals surface area contributed by atoms with Crippen molar-refractivity contribution in [2.45, 2.75) is 49.6 Å². The van der Waals surface area contributed by atoms with Crippen LogP contribution in [0.2, 0.25) is 10.0 Å². The summed E-state index contributed by atoms with van der Waals surface area (Å²) in [6.45, 7) is 4.09. The number of para-hydroxylation sites is 1. The quantitative estimate of drug-likeness (QED) is 0.651. The lowest BCUT2D eigenvalue weighted by Crippen LogP contribution is -2.44. The lowest BCUT2D eigenvalue weighted by atomic mass is 9.84. The molecular weight excluding hydrogens is 421 g/mol. The minimum atomic E-state index is -3.92. The number of hydrogen-bond donors (Lipinski definition) is 1. The van der Waals surface area contributed by atoms with Gasteiger partial charge in [0.1, 0.15) is 27.0 Å². The van der Waals surface area contributed by atoms with Gasteiger partial charge in [-0.25, -0.2) is 13.1 Å². The van der Waals surface area contributed by atoms with Gasteiger partial charge >= 0.3 is 0 Å². The second-order valence-corrected chi connectivity index (χ2v) is 9.24. The molecule has 0 saturated carbocycles. The Morgan fingerprint density at radius 2 is 1.82 bits per heavy atom. The van der Waals surface area contributed by atoms with Gasteiger partial charge in [-0.3, -0.25) is 0 Å². The van der Waals surface area contributed by atoms with Crippen molar-refractivity contribution in [1.29, 1.82) is 0 Å². The fourth-order valence-corrected chi connectivity index (χ4v) is 5.59. The summed E-state index contributed by atoms with van der Waals surface area (Å²) >= 11 is 12.4. The number of ether oxygens (including phenoxy) is 2. The van der Waals surface area contributed by atoms with Crippen molar-refractivity contribution in [3.8, 4) is 11.5 Å². The SMILES string of the molecule is CCC1(CC)CC(NS(=O)(=O)c2ccc(OC)c(Cl)c2Cl)c2ccccc2O1. The number of methoxy groups -OCH3 is 1. The lowest BCUT2D eigenvalue weighted by Gasteiger charge is -2.41. The van der Waals surface area contributed by atoms with Crippen molar-refractivity contribution in [2.75, 3.05) is 7.11 Å². The van der Waals surface area contributed by atoms with Crippen LogP contribution in [0.3, 0.4) is 0 Å². The standard InChI is InChI=1S/C20H23Cl2NO4S/c1-4-20(5-2)12-14(13-8-6-7-9-15(13)27-20)23-28(24,25)17-11-10-16(26-3)18(21)19(17)22/h6-11,14,23H,4-5,12H2,1-3H3. The number of nitrogens with one attached hydrogen (secondary N) is 1. The molecule has 0 bridgehead atoms. The van der Waals surface area contributed by atoms with Crippen LogP contribution in [-0.2, 0) is 10.0 Å². The molecule has 0 aliphatic carbocycles. The fourth-order valence-electron chi connectivity index (χ4n) is 3.54. The second kappa shape index (κ2) is 8.11. The zero-order valence-electron chi connectivity index (χ0n) is 16.0. The number of halogens is 2. The van der Waals surface area contributed by atoms with Crippen LogP contribution in [0, 0.1) is 0 Å². The summed E-state index contributed by atoms with van der Waals surface area (Å²) < 4.78 is 40.4. The summed E-state index contributed by atoms with van der Waals surface area (Å²) in [5, 5.41) is 0.00184. The number of fused-ring (bicyclic) bond motifs is 1. The first-order valence-electron chi connectivity index (χ1n) is 9.09. The Kier molecular flexibility index (Phi) is 6.15. The summed E-state index contributed by atoms with van der Waals surface area (Å²) in [5.74, 6) is 1.02. The normalized spacial score (nSPS) is 18.2. The largest absolute Gasteiger partial charge is 0.495 e. The molecule has 0 amide bonds. The first kappa shape index (κ1) is 21.2. The monoisotopic (exact) mass is 443 g/mol. The van der Waals surface area contributed by atoms with Crippen molar-refractivity contribution in [2.24, 2.45) is 0 Å². The zero-order valence-corrected chi connectivity index (χ0v) is 18.3. The molecule has 1 atom stereocenters. The van der Waals surface area contributed by atoms with Crippen LogP contribution in [0.5, 0.6) is 11.5 Å². The molecule has 2 aromatic rings. The maximum absolute atomic E-state index is 13.1. The topological polar surface area (TPSA) is 64.6 Å². The molecule has 0 aromatic heterocycles. The lowest BCUT2D eigenvalue weighted by molar-refractivity contribution is 0.0260. The van der Waals surface area contributed by atoms with Crippen LogP contribution in [0.15, 0.2) is 41.3 Å². The highest BCUT2D eigenvalue weighted by atomic mass is 35.5. The molecule has 152 valence electrons. The minimum absolute atomic E-state index is 0.0638. The van der Waals surface area contributed by atoms with Crippen molar-refractivity contribution >= 4 is 33.2 Å². The molecule has 2 aromatic carbocycles. The Morgan fingerprint density at radius 3 is 2.46 bits per heavy atom. The first-order valence-corrected chi connectivity index (χ1v) is 11.3. The molecule has 1 aliphatic rings. The third kappa shape index (κ3) is 3.83. The van der Waals surface area contributed by atoms with E-state index in [1.165, 1.54) is 19.2 Å². The molecule has 1 N–H and O–H groups in total. The molecule has 0 spiro atoms. The highest BCUT2D eigenvalue weighted by Crippen LogP contribution is 2.44. The van der Waals surface area contributed by atoms with Crippen LogP contribution >= 0.6 is 23.2 Å². The van der Waals surface area contributed by atoms with E-state index in [4.69, 9.17) is 32.7 Å². The second-order valence-electron chi connectivity index (χ2n) is 6.80. The summed E-state index contributed by atoms with van der Waals surface area (Å²) in [4.78, 5) is -0.0810. The van der Waals surface area contributed by atoms with Gasteiger partial charge in [-0.15, -0.1) is 0 Å². The van der Waals surface area contributed by atoms with Gasteiger partial charge in [0.15, 0.2) is 0 Å². The third-order valence-electron chi connectivity index (χ3n) is 5.30. The highest BCUT2D eigenvalue weighted by Gasteiger charge is 2.40. The van der Waals surface area contributed by atoms with Crippen molar-refractivity contribution < 1.29 is 17.9 Å². The van der Waals surface area contributed by atoms with E-state index in [9.17, 15) is 8.42 Å². The maximum atomic E-state index is 13.1. The van der Waals surface area contributed by atoms with E-state index in [0.717, 1.165) is 18.4 Å². The Bertz CT molecular complexity index is 974. The minimum Gasteiger partial charge on any atom is -0.495 e. The molecule has 1 heterocycles. The van der Waals surface area contributed by atoms with Crippen molar-refractivity contribution in [3.05, 3.63) is 52.0 Å². The summed E-state index contributed by atoms with van der Waals surface area (Å²) in [6, 6.07) is 9.94. The molecular formula is C20H23Cl2NO4S. The van der Waals surface area contributed by atoms with Gasteiger partial charge < -0.3 is 9.47 Å². The number of sulfonamides is 1. The molecule has 0 saturated heterocycles. The van der Waals surface area contributed by atoms with Crippen LogP contribution in [0.4, 0.5) is 0 Å². The molecule has 3 rings (SSSR count). The van der Waals surface area contributed by atoms with E-state index in [1.807, 2.05) is 38.1 Å². The molecule has 0 radical (unpaired) electrons. The van der Waals surface area contributed by atoms with Gasteiger partial charge in [-0.05, 0) is 31.0 Å². The highest BCUT2D eigenvalue weighted by molar-refractivity contribution is 7.89. The van der Waals surface area contributed by atoms with Gasteiger partial charge in [0.05, 0.1) is 18.2 Å². The molecule has 8 heteroatoms. The summed E-state index contributed by atoms with van der Waals surface area (Å²) in [5.41, 5.74) is 0.377. The zero-order chi connectivity index (χ0) is 20.5. The van der Waals surface area contributed by atoms with E-state index in [1.54, 1.807) is 0 Å². The van der Waals surface area contributed by atoms with Crippen LogP contribution < -0.4 is 14.2 Å². The van der Waals surface area contributed by atoms with E-state index in [0.29, 0.717) is 17.9 Å². The molecule has 5 nitrogen and oxygen atoms in total. The van der Waals surface area contributed by atoms with E-state index in [2.05, 4.69) is 4.72 Å². The number of benzene rings is 2. The molecule has 28 heavy (non-hydrogen) atoms. The fraction of sp³-hybridized carbons (Fsp3) is 0.400. The predicted molar refractivity (Wildman–Crippen MR) is 111 cm³/mol. The van der Waals surface area contributed by atoms with E-state index in [-0.39, 0.29) is 14.9 Å². The van der Waals surface area contributed by atoms with Gasteiger partial charge in [0.2, 0.25) is 10.0 Å². The van der Waals surface area contributed by atoms with Crippen LogP contribution in [-0.4, -0.2) is 21.1 Å². The van der Waals surface area contributed by atoms with E-state index < -0.39 is 21.7 Å². The number of hydrogen-bond acceptors (Lipinski definition) is 4. The van der Waals surface area contributed by atoms with Crippen LogP contribution in [0.25, 0.3) is 0 Å². The Labute approximate surface area is 176 Å². The van der Waals surface area contributed by atoms with Gasteiger partial charge in [0.25, 0.3) is 0 Å². The third-order valence-corrected chi connectivity index (χ3v) is 7.79. The van der Waals surface area contributed by atoms with Crippen LogP contribution in [0.1, 0.15) is 44.7 Å². The molecule has 1 aliphatic heterocycles. The Hall–Kier alpha value is -1.47. The maximum Gasteiger partial charge on any atom is 0.242 e. The molecule has 0 fully saturated rings. The van der Waals surface area contributed by atoms with Gasteiger partial charge in [-0.1, -0.05) is 55.2 Å². The predicted octanol–water partition coefficient (Wildman–Crippen LogP) is 5.36. The average molecular weight is 444 g/mol. The average Bonchev–Trinajstić information content (AvgIpc) is 2.69. The van der Waals surface area contributed by atoms with Crippen molar-refractivity contribution in [3.63, 3.8) is 0 Å². The summed E-state index contributed by atoms with van der Waals surface area (Å²) in [7, 11) is -2.48. The Morgan fingerprint density at radius 1 is 1.14 bits per heavy atom. The molecule has 1 unspecified atom stereocenters. The summed E-state index contributed by atoms with van der Waals surface area (Å²) in [6.07, 6.45) is 2.06. The van der Waals surface area contributed by atoms with E-state index >= 15 is 0 Å². The van der Waals surface area contributed by atoms with Gasteiger partial charge in [0, 0.05) is 12.0 Å². The van der Waals surface area contributed by atoms with Crippen molar-refractivity contribution in [1.82, 2.24) is 4.72 Å². The number of rotatable bonds is 6. The smallest absolute Gasteiger partial charge is 0.242 e. The Balaban J connectivity index is 2.01. The van der Waals surface area contributed by atoms with Gasteiger partial charge in [-0.2, -0.15) is 0 Å².